The molecule has 2 fully saturated rings. The van der Waals surface area contributed by atoms with Crippen molar-refractivity contribution < 1.29 is 17.2 Å². The molecule has 4 heterocycles. The molecule has 2 aromatic heterocycles. The largest absolute Gasteiger partial charge is 0.369 e. The first-order valence-electron chi connectivity index (χ1n) is 13.3. The Morgan fingerprint density at radius 1 is 0.976 bits per heavy atom. The fourth-order valence-electron chi connectivity index (χ4n) is 5.13. The van der Waals surface area contributed by atoms with Crippen LogP contribution in [0.3, 0.4) is 0 Å². The number of anilines is 2. The van der Waals surface area contributed by atoms with E-state index in [4.69, 9.17) is 16.7 Å². The number of hydrogen-bond donors (Lipinski definition) is 2. The van der Waals surface area contributed by atoms with Gasteiger partial charge in [0.2, 0.25) is 0 Å². The van der Waals surface area contributed by atoms with Crippen LogP contribution in [0.4, 0.5) is 20.2 Å². The van der Waals surface area contributed by atoms with Gasteiger partial charge in [0.15, 0.2) is 5.82 Å². The Labute approximate surface area is 241 Å². The fraction of sp³-hybridized carbons (Fsp3) is 0.286. The topological polar surface area (TPSA) is 95.4 Å². The first-order chi connectivity index (χ1) is 19.8. The van der Waals surface area contributed by atoms with Crippen LogP contribution in [-0.4, -0.2) is 72.9 Å². The van der Waals surface area contributed by atoms with Crippen molar-refractivity contribution in [1.29, 1.82) is 0 Å². The molecule has 0 bridgehead atoms. The molecule has 13 heteroatoms. The molecule has 41 heavy (non-hydrogen) atoms. The minimum absolute atomic E-state index is 0.0118. The Morgan fingerprint density at radius 3 is 2.37 bits per heavy atom. The molecule has 0 saturated carbocycles. The summed E-state index contributed by atoms with van der Waals surface area (Å²) in [6.45, 7) is 3.43. The standard InChI is InChI=1S/C28H28ClF2N7O2S/c29-20-15-24(27(31)26(16-20)35-41(39,40)37-12-7-21(30)17-37)25-18-38(34-28(25)19-5-8-32-9-6-19)23-3-1-22(2-4-23)36-13-10-33-11-14-36/h1-6,8-9,15-16,18,21,33,35H,7,10-14,17H2/t21-/m1/s1. The van der Waals surface area contributed by atoms with E-state index in [2.05, 4.69) is 19.9 Å². The van der Waals surface area contributed by atoms with E-state index in [9.17, 15) is 12.8 Å². The molecule has 0 aliphatic carbocycles. The maximum atomic E-state index is 16.1. The molecular formula is C28H28ClF2N7O2S. The molecule has 2 aliphatic rings. The van der Waals surface area contributed by atoms with Gasteiger partial charge in [-0.1, -0.05) is 11.6 Å². The second-order valence-corrected chi connectivity index (χ2v) is 12.1. The Bertz CT molecular complexity index is 1650. The molecule has 2 N–H and O–H groups in total. The van der Waals surface area contributed by atoms with E-state index in [-0.39, 0.29) is 35.8 Å². The van der Waals surface area contributed by atoms with Gasteiger partial charge in [-0.05, 0) is 55.0 Å². The molecule has 1 atom stereocenters. The summed E-state index contributed by atoms with van der Waals surface area (Å²) >= 11 is 6.38. The average molecular weight is 600 g/mol. The Morgan fingerprint density at radius 2 is 1.68 bits per heavy atom. The van der Waals surface area contributed by atoms with Gasteiger partial charge in [0.1, 0.15) is 11.9 Å². The number of benzene rings is 2. The third kappa shape index (κ3) is 5.78. The molecule has 0 unspecified atom stereocenters. The molecule has 2 saturated heterocycles. The van der Waals surface area contributed by atoms with Crippen molar-refractivity contribution in [3.63, 3.8) is 0 Å². The van der Waals surface area contributed by atoms with E-state index in [1.165, 1.54) is 12.1 Å². The molecule has 4 aromatic rings. The zero-order valence-electron chi connectivity index (χ0n) is 22.0. The van der Waals surface area contributed by atoms with Crippen molar-refractivity contribution in [2.45, 2.75) is 12.6 Å². The maximum absolute atomic E-state index is 16.1. The summed E-state index contributed by atoms with van der Waals surface area (Å²) in [6, 6.07) is 14.1. The summed E-state index contributed by atoms with van der Waals surface area (Å²) in [5.41, 5.74) is 3.18. The number of rotatable bonds is 7. The highest BCUT2D eigenvalue weighted by atomic mass is 35.5. The number of halogens is 3. The van der Waals surface area contributed by atoms with E-state index in [0.717, 1.165) is 41.9 Å². The van der Waals surface area contributed by atoms with Crippen LogP contribution in [0.5, 0.6) is 0 Å². The van der Waals surface area contributed by atoms with Crippen LogP contribution in [0.2, 0.25) is 5.02 Å². The zero-order chi connectivity index (χ0) is 28.6. The molecule has 2 aliphatic heterocycles. The molecule has 0 amide bonds. The molecule has 214 valence electrons. The number of aromatic nitrogens is 3. The summed E-state index contributed by atoms with van der Waals surface area (Å²) < 4.78 is 60.4. The van der Waals surface area contributed by atoms with Crippen molar-refractivity contribution in [3.8, 4) is 28.1 Å². The monoisotopic (exact) mass is 599 g/mol. The van der Waals surface area contributed by atoms with Gasteiger partial charge in [-0.15, -0.1) is 0 Å². The van der Waals surface area contributed by atoms with Crippen LogP contribution in [0.25, 0.3) is 28.1 Å². The number of pyridine rings is 1. The molecular weight excluding hydrogens is 572 g/mol. The quantitative estimate of drug-likeness (QED) is 0.325. The lowest BCUT2D eigenvalue weighted by Crippen LogP contribution is -2.43. The smallest absolute Gasteiger partial charge is 0.301 e. The number of hydrogen-bond acceptors (Lipinski definition) is 6. The van der Waals surface area contributed by atoms with Crippen LogP contribution in [0.1, 0.15) is 6.42 Å². The normalized spacial score (nSPS) is 18.1. The third-order valence-electron chi connectivity index (χ3n) is 7.26. The first-order valence-corrected chi connectivity index (χ1v) is 15.1. The highest BCUT2D eigenvalue weighted by Gasteiger charge is 2.32. The van der Waals surface area contributed by atoms with E-state index in [0.29, 0.717) is 16.8 Å². The number of alkyl halides is 1. The minimum Gasteiger partial charge on any atom is -0.369 e. The van der Waals surface area contributed by atoms with Gasteiger partial charge in [0.25, 0.3) is 0 Å². The van der Waals surface area contributed by atoms with Gasteiger partial charge >= 0.3 is 10.2 Å². The van der Waals surface area contributed by atoms with Gasteiger partial charge < -0.3 is 10.2 Å². The summed E-state index contributed by atoms with van der Waals surface area (Å²) in [7, 11) is -4.19. The van der Waals surface area contributed by atoms with E-state index in [1.54, 1.807) is 35.4 Å². The molecule has 0 radical (unpaired) electrons. The van der Waals surface area contributed by atoms with Crippen LogP contribution in [-0.2, 0) is 10.2 Å². The van der Waals surface area contributed by atoms with Crippen molar-refractivity contribution >= 4 is 33.2 Å². The van der Waals surface area contributed by atoms with Gasteiger partial charge in [0, 0.05) is 85.3 Å². The van der Waals surface area contributed by atoms with Gasteiger partial charge in [-0.25, -0.2) is 13.5 Å². The van der Waals surface area contributed by atoms with E-state index in [1.807, 2.05) is 24.3 Å². The Balaban J connectivity index is 1.39. The van der Waals surface area contributed by atoms with Crippen molar-refractivity contribution in [2.75, 3.05) is 48.9 Å². The van der Waals surface area contributed by atoms with Gasteiger partial charge in [-0.3, -0.25) is 9.71 Å². The Hall–Kier alpha value is -3.58. The van der Waals surface area contributed by atoms with Crippen LogP contribution in [0, 0.1) is 5.82 Å². The lowest BCUT2D eigenvalue weighted by molar-refractivity contribution is 0.343. The zero-order valence-corrected chi connectivity index (χ0v) is 23.5. The molecule has 6 rings (SSSR count). The minimum atomic E-state index is -4.19. The number of nitrogens with one attached hydrogen (secondary N) is 2. The number of nitrogens with zero attached hydrogens (tertiary/aromatic N) is 5. The third-order valence-corrected chi connectivity index (χ3v) is 8.97. The predicted molar refractivity (Wildman–Crippen MR) is 156 cm³/mol. The molecule has 2 aromatic carbocycles. The SMILES string of the molecule is O=S(=O)(Nc1cc(Cl)cc(-c2cn(-c3ccc(N4CCNCC4)cc3)nc2-c2ccncc2)c1F)N1CC[C@@H](F)C1. The predicted octanol–water partition coefficient (Wildman–Crippen LogP) is 4.50. The van der Waals surface area contributed by atoms with Gasteiger partial charge in [0.05, 0.1) is 11.4 Å². The highest BCUT2D eigenvalue weighted by molar-refractivity contribution is 7.90. The number of piperazine rings is 1. The Kier molecular flexibility index (Phi) is 7.64. The lowest BCUT2D eigenvalue weighted by Gasteiger charge is -2.29. The second kappa shape index (κ2) is 11.4. The summed E-state index contributed by atoms with van der Waals surface area (Å²) in [5, 5.41) is 8.25. The summed E-state index contributed by atoms with van der Waals surface area (Å²) in [5.74, 6) is -0.821. The average Bonchev–Trinajstić information content (AvgIpc) is 3.63. The van der Waals surface area contributed by atoms with Crippen LogP contribution in [0.15, 0.2) is 67.1 Å². The first kappa shape index (κ1) is 27.6. The van der Waals surface area contributed by atoms with Crippen LogP contribution < -0.4 is 14.9 Å². The van der Waals surface area contributed by atoms with Crippen molar-refractivity contribution in [3.05, 3.63) is 78.0 Å². The van der Waals surface area contributed by atoms with Crippen LogP contribution >= 0.6 is 11.6 Å². The van der Waals surface area contributed by atoms with Crippen molar-refractivity contribution in [2.24, 2.45) is 0 Å². The fourth-order valence-corrected chi connectivity index (χ4v) is 6.61. The maximum Gasteiger partial charge on any atom is 0.301 e. The van der Waals surface area contributed by atoms with E-state index < -0.39 is 22.2 Å². The lowest BCUT2D eigenvalue weighted by atomic mass is 10.0. The summed E-state index contributed by atoms with van der Waals surface area (Å²) in [4.78, 5) is 6.38. The van der Waals surface area contributed by atoms with Crippen molar-refractivity contribution in [1.82, 2.24) is 24.4 Å². The van der Waals surface area contributed by atoms with Gasteiger partial charge in [-0.2, -0.15) is 17.8 Å². The van der Waals surface area contributed by atoms with E-state index >= 15 is 4.39 Å². The molecule has 9 nitrogen and oxygen atoms in total. The molecule has 0 spiro atoms. The highest BCUT2D eigenvalue weighted by Crippen LogP contribution is 2.38. The summed E-state index contributed by atoms with van der Waals surface area (Å²) in [6.07, 6.45) is 3.75. The second-order valence-electron chi connectivity index (χ2n) is 9.99.